The van der Waals surface area contributed by atoms with E-state index in [0.717, 1.165) is 15.7 Å². The third-order valence-electron chi connectivity index (χ3n) is 4.82. The van der Waals surface area contributed by atoms with Crippen LogP contribution in [0.1, 0.15) is 12.8 Å². The molecule has 1 aromatic heterocycles. The van der Waals surface area contributed by atoms with E-state index in [9.17, 15) is 17.6 Å². The van der Waals surface area contributed by atoms with E-state index in [1.165, 1.54) is 35.6 Å². The number of ether oxygens (including phenoxy) is 1. The van der Waals surface area contributed by atoms with Crippen LogP contribution in [0, 0.1) is 32.1 Å². The summed E-state index contributed by atoms with van der Waals surface area (Å²) in [4.78, 5) is 0.564. The summed E-state index contributed by atoms with van der Waals surface area (Å²) in [7, 11) is 0. The molecular formula is C22H15F4IOS. The maximum atomic E-state index is 14.7. The summed E-state index contributed by atoms with van der Waals surface area (Å²) in [6.07, 6.45) is 5.85. The molecule has 4 rings (SSSR count). The lowest BCUT2D eigenvalue weighted by Crippen LogP contribution is -2.09. The van der Waals surface area contributed by atoms with Gasteiger partial charge in [-0.3, -0.25) is 0 Å². The first-order valence-electron chi connectivity index (χ1n) is 8.97. The van der Waals surface area contributed by atoms with Crippen molar-refractivity contribution in [2.45, 2.75) is 12.8 Å². The Morgan fingerprint density at radius 3 is 2.17 bits per heavy atom. The minimum atomic E-state index is -1.26. The van der Waals surface area contributed by atoms with Crippen LogP contribution in [0.2, 0.25) is 0 Å². The van der Waals surface area contributed by atoms with E-state index < -0.39 is 23.3 Å². The Hall–Kier alpha value is -1.87. The Balaban J connectivity index is 1.65. The van der Waals surface area contributed by atoms with Gasteiger partial charge >= 0.3 is 0 Å². The standard InChI is InChI=1S/C22H15F4IOS/c23-19-13(5-6-15(21(19)25)17-9-10-18(27)29-17)14-7-8-16(22(26)20(14)24)28-11-12-3-1-2-4-12/h1,3,5-10,12H,2,4,11H2. The molecule has 3 aromatic rings. The van der Waals surface area contributed by atoms with E-state index in [1.54, 1.807) is 12.1 Å². The second-order valence-corrected chi connectivity index (χ2v) is 9.69. The lowest BCUT2D eigenvalue weighted by molar-refractivity contribution is 0.258. The number of thiophene rings is 1. The van der Waals surface area contributed by atoms with Gasteiger partial charge in [0.15, 0.2) is 23.2 Å². The van der Waals surface area contributed by atoms with Crippen LogP contribution in [0.15, 0.2) is 48.6 Å². The number of benzene rings is 2. The monoisotopic (exact) mass is 530 g/mol. The van der Waals surface area contributed by atoms with Crippen molar-refractivity contribution in [3.8, 4) is 27.3 Å². The summed E-state index contributed by atoms with van der Waals surface area (Å²) in [5, 5.41) is 0. The zero-order valence-electron chi connectivity index (χ0n) is 15.0. The quantitative estimate of drug-likeness (QED) is 0.188. The molecular weight excluding hydrogens is 515 g/mol. The first-order chi connectivity index (χ1) is 14.0. The van der Waals surface area contributed by atoms with Gasteiger partial charge in [-0.2, -0.15) is 4.39 Å². The van der Waals surface area contributed by atoms with Gasteiger partial charge in [0.05, 0.1) is 9.49 Å². The van der Waals surface area contributed by atoms with Crippen LogP contribution in [0.25, 0.3) is 21.6 Å². The number of allylic oxidation sites excluding steroid dienone is 1. The average Bonchev–Trinajstić information content (AvgIpc) is 3.37. The molecule has 0 saturated carbocycles. The van der Waals surface area contributed by atoms with Gasteiger partial charge < -0.3 is 4.74 Å². The van der Waals surface area contributed by atoms with E-state index in [-0.39, 0.29) is 35.0 Å². The number of rotatable bonds is 5. The van der Waals surface area contributed by atoms with E-state index in [4.69, 9.17) is 4.74 Å². The molecule has 1 aliphatic rings. The Morgan fingerprint density at radius 1 is 0.862 bits per heavy atom. The number of halogens is 5. The molecule has 0 amide bonds. The maximum Gasteiger partial charge on any atom is 0.201 e. The fraction of sp³-hybridized carbons (Fsp3) is 0.182. The highest BCUT2D eigenvalue weighted by Gasteiger charge is 2.22. The molecule has 2 aromatic carbocycles. The highest BCUT2D eigenvalue weighted by Crippen LogP contribution is 2.37. The first-order valence-corrected chi connectivity index (χ1v) is 10.9. The van der Waals surface area contributed by atoms with Gasteiger partial charge in [-0.1, -0.05) is 18.2 Å². The number of hydrogen-bond acceptors (Lipinski definition) is 2. The fourth-order valence-electron chi connectivity index (χ4n) is 3.29. The summed E-state index contributed by atoms with van der Waals surface area (Å²) < 4.78 is 64.8. The van der Waals surface area contributed by atoms with Gasteiger partial charge in [0.2, 0.25) is 5.82 Å². The van der Waals surface area contributed by atoms with E-state index in [1.807, 2.05) is 12.2 Å². The average molecular weight is 530 g/mol. The molecule has 1 unspecified atom stereocenters. The van der Waals surface area contributed by atoms with Crippen molar-refractivity contribution in [1.82, 2.24) is 0 Å². The second-order valence-electron chi connectivity index (χ2n) is 6.71. The zero-order chi connectivity index (χ0) is 20.5. The molecule has 0 bridgehead atoms. The van der Waals surface area contributed by atoms with Gasteiger partial charge in [-0.05, 0) is 65.8 Å². The van der Waals surface area contributed by atoms with Crippen molar-refractivity contribution in [2.75, 3.05) is 6.61 Å². The van der Waals surface area contributed by atoms with E-state index in [0.29, 0.717) is 4.88 Å². The summed E-state index contributed by atoms with van der Waals surface area (Å²) in [6, 6.07) is 8.59. The van der Waals surface area contributed by atoms with Gasteiger partial charge in [-0.25, -0.2) is 13.2 Å². The SMILES string of the molecule is Fc1c(OCC2C=CCC2)ccc(-c2ccc(-c3ccc(I)s3)c(F)c2F)c1F. The summed E-state index contributed by atoms with van der Waals surface area (Å²) >= 11 is 3.40. The van der Waals surface area contributed by atoms with Gasteiger partial charge in [-0.15, -0.1) is 11.3 Å². The van der Waals surface area contributed by atoms with Crippen LogP contribution in [-0.2, 0) is 0 Å². The van der Waals surface area contributed by atoms with Crippen molar-refractivity contribution >= 4 is 33.9 Å². The van der Waals surface area contributed by atoms with Crippen LogP contribution in [0.5, 0.6) is 5.75 Å². The smallest absolute Gasteiger partial charge is 0.201 e. The summed E-state index contributed by atoms with van der Waals surface area (Å²) in [5.74, 6) is -4.85. The maximum absolute atomic E-state index is 14.7. The van der Waals surface area contributed by atoms with Crippen LogP contribution < -0.4 is 4.74 Å². The highest BCUT2D eigenvalue weighted by atomic mass is 127. The molecule has 0 fully saturated rings. The van der Waals surface area contributed by atoms with Crippen molar-refractivity contribution in [3.63, 3.8) is 0 Å². The van der Waals surface area contributed by atoms with Crippen LogP contribution in [0.3, 0.4) is 0 Å². The second kappa shape index (κ2) is 8.47. The minimum absolute atomic E-state index is 0.0876. The Bertz CT molecular complexity index is 1090. The van der Waals surface area contributed by atoms with Crippen LogP contribution in [0.4, 0.5) is 17.6 Å². The molecule has 29 heavy (non-hydrogen) atoms. The summed E-state index contributed by atoms with van der Waals surface area (Å²) in [6.45, 7) is 0.240. The van der Waals surface area contributed by atoms with Gasteiger partial charge in [0.1, 0.15) is 0 Å². The van der Waals surface area contributed by atoms with E-state index >= 15 is 0 Å². The third kappa shape index (κ3) is 4.07. The van der Waals surface area contributed by atoms with Crippen molar-refractivity contribution in [3.05, 3.63) is 74.7 Å². The number of hydrogen-bond donors (Lipinski definition) is 0. The lowest BCUT2D eigenvalue weighted by Gasteiger charge is -2.14. The van der Waals surface area contributed by atoms with Gasteiger partial charge in [0, 0.05) is 27.5 Å². The van der Waals surface area contributed by atoms with Crippen LogP contribution >= 0.6 is 33.9 Å². The molecule has 0 aliphatic heterocycles. The fourth-order valence-corrected chi connectivity index (χ4v) is 4.93. The van der Waals surface area contributed by atoms with E-state index in [2.05, 4.69) is 22.6 Å². The minimum Gasteiger partial charge on any atom is -0.490 e. The highest BCUT2D eigenvalue weighted by molar-refractivity contribution is 14.1. The largest absolute Gasteiger partial charge is 0.490 e. The molecule has 7 heteroatoms. The Kier molecular flexibility index (Phi) is 5.96. The Morgan fingerprint density at radius 2 is 1.52 bits per heavy atom. The topological polar surface area (TPSA) is 9.23 Å². The normalized spacial score (nSPS) is 15.8. The molecule has 1 aliphatic carbocycles. The van der Waals surface area contributed by atoms with Crippen molar-refractivity contribution in [1.29, 1.82) is 0 Å². The Labute approximate surface area is 183 Å². The predicted octanol–water partition coefficient (Wildman–Crippen LogP) is 7.59. The predicted molar refractivity (Wildman–Crippen MR) is 115 cm³/mol. The summed E-state index contributed by atoms with van der Waals surface area (Å²) in [5.41, 5.74) is -0.594. The molecule has 0 radical (unpaired) electrons. The van der Waals surface area contributed by atoms with Crippen LogP contribution in [-0.4, -0.2) is 6.61 Å². The molecule has 0 spiro atoms. The third-order valence-corrected chi connectivity index (χ3v) is 6.75. The van der Waals surface area contributed by atoms with Gasteiger partial charge in [0.25, 0.3) is 0 Å². The molecule has 0 N–H and O–H groups in total. The zero-order valence-corrected chi connectivity index (χ0v) is 18.0. The molecule has 150 valence electrons. The first kappa shape index (κ1) is 20.4. The van der Waals surface area contributed by atoms with Crippen molar-refractivity contribution < 1.29 is 22.3 Å². The molecule has 1 atom stereocenters. The molecule has 0 saturated heterocycles. The molecule has 1 heterocycles. The molecule has 1 nitrogen and oxygen atoms in total. The lowest BCUT2D eigenvalue weighted by atomic mass is 10.0. The van der Waals surface area contributed by atoms with Crippen molar-refractivity contribution in [2.24, 2.45) is 5.92 Å².